The van der Waals surface area contributed by atoms with Crippen molar-refractivity contribution in [2.45, 2.75) is 20.3 Å². The molecular formula is C17H19NO2. The minimum Gasteiger partial charge on any atom is -0.480 e. The third-order valence-corrected chi connectivity index (χ3v) is 3.04. The van der Waals surface area contributed by atoms with Crippen LogP contribution in [0.1, 0.15) is 35.3 Å². The van der Waals surface area contributed by atoms with Gasteiger partial charge in [-0.15, -0.1) is 0 Å². The predicted molar refractivity (Wildman–Crippen MR) is 79.2 cm³/mol. The fourth-order valence-corrected chi connectivity index (χ4v) is 2.19. The molecule has 3 nitrogen and oxygen atoms in total. The fourth-order valence-electron chi connectivity index (χ4n) is 2.19. The maximum atomic E-state index is 12.5. The van der Waals surface area contributed by atoms with Crippen LogP contribution in [0.3, 0.4) is 0 Å². The van der Waals surface area contributed by atoms with Crippen LogP contribution < -0.4 is 4.74 Å². The van der Waals surface area contributed by atoms with E-state index in [1.807, 2.05) is 18.2 Å². The van der Waals surface area contributed by atoms with E-state index < -0.39 is 0 Å². The van der Waals surface area contributed by atoms with Crippen LogP contribution in [0.25, 0.3) is 0 Å². The normalized spacial score (nSPS) is 10.6. The van der Waals surface area contributed by atoms with Crippen LogP contribution in [-0.2, 0) is 6.42 Å². The van der Waals surface area contributed by atoms with Gasteiger partial charge in [0.1, 0.15) is 0 Å². The lowest BCUT2D eigenvalue weighted by atomic mass is 9.98. The minimum absolute atomic E-state index is 0.0550. The number of carbonyl (C=O) groups is 1. The van der Waals surface area contributed by atoms with Crippen molar-refractivity contribution in [1.29, 1.82) is 0 Å². The molecule has 0 aliphatic heterocycles. The van der Waals surface area contributed by atoms with Gasteiger partial charge in [0, 0.05) is 11.8 Å². The second kappa shape index (κ2) is 6.33. The van der Waals surface area contributed by atoms with Crippen molar-refractivity contribution in [3.05, 3.63) is 59.3 Å². The monoisotopic (exact) mass is 269 g/mol. The quantitative estimate of drug-likeness (QED) is 0.780. The number of aromatic nitrogens is 1. The second-order valence-electron chi connectivity index (χ2n) is 5.19. The third-order valence-electron chi connectivity index (χ3n) is 3.04. The number of carbonyl (C=O) groups excluding carboxylic acids is 1. The van der Waals surface area contributed by atoms with Crippen molar-refractivity contribution in [3.63, 3.8) is 0 Å². The number of hydrogen-bond acceptors (Lipinski definition) is 3. The molecule has 0 atom stereocenters. The summed E-state index contributed by atoms with van der Waals surface area (Å²) < 4.78 is 5.15. The van der Waals surface area contributed by atoms with Gasteiger partial charge in [-0.3, -0.25) is 4.79 Å². The number of benzene rings is 1. The molecule has 0 aliphatic rings. The smallest absolute Gasteiger partial charge is 0.224 e. The Morgan fingerprint density at radius 2 is 2.05 bits per heavy atom. The van der Waals surface area contributed by atoms with Gasteiger partial charge in [0.2, 0.25) is 5.88 Å². The minimum atomic E-state index is -0.0550. The summed E-state index contributed by atoms with van der Waals surface area (Å²) in [6.07, 6.45) is 2.58. The van der Waals surface area contributed by atoms with Crippen molar-refractivity contribution in [2.24, 2.45) is 5.92 Å². The zero-order valence-corrected chi connectivity index (χ0v) is 12.1. The van der Waals surface area contributed by atoms with Gasteiger partial charge in [-0.1, -0.05) is 32.0 Å². The average Bonchev–Trinajstić information content (AvgIpc) is 2.46. The molecule has 0 bridgehead atoms. The van der Waals surface area contributed by atoms with Gasteiger partial charge in [-0.2, -0.15) is 0 Å². The van der Waals surface area contributed by atoms with E-state index in [9.17, 15) is 4.79 Å². The molecule has 0 radical (unpaired) electrons. The Morgan fingerprint density at radius 1 is 1.25 bits per heavy atom. The Balaban J connectivity index is 2.33. The highest BCUT2D eigenvalue weighted by Gasteiger charge is 2.15. The van der Waals surface area contributed by atoms with Gasteiger partial charge in [0.25, 0.3) is 0 Å². The summed E-state index contributed by atoms with van der Waals surface area (Å²) in [5.74, 6) is 0.876. The molecule has 2 aromatic rings. The molecule has 1 aromatic heterocycles. The Hall–Kier alpha value is -2.16. The standard InChI is InChI=1S/C17H19NO2/c1-12(2)10-13-6-4-7-14(11-13)16(19)15-8-5-9-18-17(15)20-3/h4-9,11-12H,10H2,1-3H3. The lowest BCUT2D eigenvalue weighted by molar-refractivity contribution is 0.103. The van der Waals surface area contributed by atoms with Gasteiger partial charge >= 0.3 is 0 Å². The first-order valence-corrected chi connectivity index (χ1v) is 6.74. The third kappa shape index (κ3) is 3.23. The highest BCUT2D eigenvalue weighted by atomic mass is 16.5. The first-order valence-electron chi connectivity index (χ1n) is 6.74. The molecule has 0 spiro atoms. The van der Waals surface area contributed by atoms with E-state index in [0.29, 0.717) is 22.9 Å². The molecule has 0 aliphatic carbocycles. The van der Waals surface area contributed by atoms with Crippen LogP contribution >= 0.6 is 0 Å². The summed E-state index contributed by atoms with van der Waals surface area (Å²) in [4.78, 5) is 16.6. The van der Waals surface area contributed by atoms with Crippen molar-refractivity contribution in [2.75, 3.05) is 7.11 Å². The zero-order chi connectivity index (χ0) is 14.5. The topological polar surface area (TPSA) is 39.2 Å². The van der Waals surface area contributed by atoms with Crippen LogP contribution in [0.5, 0.6) is 5.88 Å². The summed E-state index contributed by atoms with van der Waals surface area (Å²) in [5.41, 5.74) is 2.35. The van der Waals surface area contributed by atoms with Gasteiger partial charge in [0.05, 0.1) is 12.7 Å². The molecular weight excluding hydrogens is 250 g/mol. The molecule has 0 fully saturated rings. The summed E-state index contributed by atoms with van der Waals surface area (Å²) in [5, 5.41) is 0. The number of ketones is 1. The van der Waals surface area contributed by atoms with Crippen molar-refractivity contribution >= 4 is 5.78 Å². The molecule has 0 unspecified atom stereocenters. The molecule has 2 rings (SSSR count). The molecule has 0 saturated heterocycles. The van der Waals surface area contributed by atoms with Gasteiger partial charge < -0.3 is 4.74 Å². The number of hydrogen-bond donors (Lipinski definition) is 0. The van der Waals surface area contributed by atoms with E-state index in [0.717, 1.165) is 6.42 Å². The van der Waals surface area contributed by atoms with Gasteiger partial charge in [0.15, 0.2) is 5.78 Å². The molecule has 0 amide bonds. The largest absolute Gasteiger partial charge is 0.480 e. The summed E-state index contributed by atoms with van der Waals surface area (Å²) in [6.45, 7) is 4.33. The Labute approximate surface area is 119 Å². The molecule has 20 heavy (non-hydrogen) atoms. The van der Waals surface area contributed by atoms with Gasteiger partial charge in [-0.25, -0.2) is 4.98 Å². The summed E-state index contributed by atoms with van der Waals surface area (Å²) in [7, 11) is 1.52. The first kappa shape index (κ1) is 14.3. The molecule has 0 saturated carbocycles. The van der Waals surface area contributed by atoms with Crippen molar-refractivity contribution in [3.8, 4) is 5.88 Å². The highest BCUT2D eigenvalue weighted by molar-refractivity contribution is 6.10. The van der Waals surface area contributed by atoms with E-state index in [1.165, 1.54) is 12.7 Å². The van der Waals surface area contributed by atoms with Crippen LogP contribution in [0.2, 0.25) is 0 Å². The van der Waals surface area contributed by atoms with Crippen molar-refractivity contribution < 1.29 is 9.53 Å². The predicted octanol–water partition coefficient (Wildman–Crippen LogP) is 3.52. The maximum absolute atomic E-state index is 12.5. The number of nitrogens with zero attached hydrogens (tertiary/aromatic N) is 1. The zero-order valence-electron chi connectivity index (χ0n) is 12.1. The van der Waals surface area contributed by atoms with E-state index >= 15 is 0 Å². The second-order valence-corrected chi connectivity index (χ2v) is 5.19. The Bertz CT molecular complexity index is 605. The van der Waals surface area contributed by atoms with Crippen LogP contribution in [-0.4, -0.2) is 17.9 Å². The number of ether oxygens (including phenoxy) is 1. The van der Waals surface area contributed by atoms with Crippen LogP contribution in [0.15, 0.2) is 42.6 Å². The molecule has 0 N–H and O–H groups in total. The van der Waals surface area contributed by atoms with E-state index in [4.69, 9.17) is 4.74 Å². The fraction of sp³-hybridized carbons (Fsp3) is 0.294. The van der Waals surface area contributed by atoms with Crippen LogP contribution in [0, 0.1) is 5.92 Å². The number of pyridine rings is 1. The highest BCUT2D eigenvalue weighted by Crippen LogP contribution is 2.19. The number of methoxy groups -OCH3 is 1. The first-order chi connectivity index (χ1) is 9.61. The lowest BCUT2D eigenvalue weighted by Crippen LogP contribution is -2.06. The summed E-state index contributed by atoms with van der Waals surface area (Å²) >= 11 is 0. The summed E-state index contributed by atoms with van der Waals surface area (Å²) in [6, 6.07) is 11.2. The lowest BCUT2D eigenvalue weighted by Gasteiger charge is -2.09. The Morgan fingerprint density at radius 3 is 2.75 bits per heavy atom. The van der Waals surface area contributed by atoms with Crippen molar-refractivity contribution in [1.82, 2.24) is 4.98 Å². The molecule has 104 valence electrons. The molecule has 1 heterocycles. The SMILES string of the molecule is COc1ncccc1C(=O)c1cccc(CC(C)C)c1. The molecule has 3 heteroatoms. The average molecular weight is 269 g/mol. The van der Waals surface area contributed by atoms with Crippen LogP contribution in [0.4, 0.5) is 0 Å². The van der Waals surface area contributed by atoms with Gasteiger partial charge in [-0.05, 0) is 36.1 Å². The van der Waals surface area contributed by atoms with E-state index in [-0.39, 0.29) is 5.78 Å². The Kier molecular flexibility index (Phi) is 4.51. The van der Waals surface area contributed by atoms with E-state index in [2.05, 4.69) is 24.9 Å². The number of rotatable bonds is 5. The van der Waals surface area contributed by atoms with E-state index in [1.54, 1.807) is 18.3 Å². The maximum Gasteiger partial charge on any atom is 0.224 e. The molecule has 1 aromatic carbocycles.